The summed E-state index contributed by atoms with van der Waals surface area (Å²) in [5, 5.41) is 2.89. The summed E-state index contributed by atoms with van der Waals surface area (Å²) in [6.07, 6.45) is 1.24. The Kier molecular flexibility index (Phi) is 6.53. The van der Waals surface area contributed by atoms with Crippen molar-refractivity contribution in [1.82, 2.24) is 24.7 Å². The number of imidazole rings is 1. The highest BCUT2D eigenvalue weighted by Crippen LogP contribution is 2.32. The Morgan fingerprint density at radius 1 is 1.23 bits per heavy atom. The Morgan fingerprint density at radius 3 is 2.63 bits per heavy atom. The highest BCUT2D eigenvalue weighted by molar-refractivity contribution is 7.91. The first-order chi connectivity index (χ1) is 16.3. The van der Waals surface area contributed by atoms with Gasteiger partial charge < -0.3 is 14.8 Å². The first-order valence-corrected chi connectivity index (χ1v) is 12.4. The monoisotopic (exact) mass is 533 g/mol. The van der Waals surface area contributed by atoms with Gasteiger partial charge in [0.15, 0.2) is 18.1 Å². The van der Waals surface area contributed by atoms with Crippen molar-refractivity contribution in [2.75, 3.05) is 18.1 Å². The number of hydrogen-bond donors (Lipinski definition) is 1. The Labute approximate surface area is 202 Å². The van der Waals surface area contributed by atoms with Gasteiger partial charge in [-0.1, -0.05) is 11.6 Å². The van der Waals surface area contributed by atoms with Crippen LogP contribution in [0, 0.1) is 0 Å². The number of alkyl halides is 3. The topological polar surface area (TPSA) is 125 Å². The van der Waals surface area contributed by atoms with E-state index in [1.807, 2.05) is 0 Å². The van der Waals surface area contributed by atoms with Crippen molar-refractivity contribution >= 4 is 33.1 Å². The molecule has 1 N–H and O–H groups in total. The Balaban J connectivity index is 1.50. The van der Waals surface area contributed by atoms with E-state index in [1.165, 1.54) is 29.2 Å². The van der Waals surface area contributed by atoms with E-state index in [9.17, 15) is 26.4 Å². The number of fused-ring (bicyclic) bond motifs is 1. The van der Waals surface area contributed by atoms with Crippen molar-refractivity contribution in [2.24, 2.45) is 0 Å². The van der Waals surface area contributed by atoms with Gasteiger partial charge in [0.2, 0.25) is 5.78 Å². The molecule has 4 heterocycles. The van der Waals surface area contributed by atoms with Crippen LogP contribution in [-0.4, -0.2) is 63.5 Å². The van der Waals surface area contributed by atoms with Crippen LogP contribution in [0.4, 0.5) is 13.2 Å². The molecule has 15 heteroatoms. The minimum atomic E-state index is -4.57. The van der Waals surface area contributed by atoms with Crippen LogP contribution in [-0.2, 0) is 9.84 Å². The first kappa shape index (κ1) is 25.0. The molecule has 188 valence electrons. The fourth-order valence-corrected chi connectivity index (χ4v) is 5.21. The summed E-state index contributed by atoms with van der Waals surface area (Å²) in [6, 6.07) is 1.14. The van der Waals surface area contributed by atoms with Gasteiger partial charge in [-0.3, -0.25) is 9.20 Å². The lowest BCUT2D eigenvalue weighted by atomic mass is 9.95. The molecule has 4 rings (SSSR count). The fraction of sp³-hybridized carbons (Fsp3) is 0.400. The van der Waals surface area contributed by atoms with Gasteiger partial charge in [0.05, 0.1) is 28.9 Å². The highest BCUT2D eigenvalue weighted by atomic mass is 35.5. The quantitative estimate of drug-likeness (QED) is 0.512. The minimum Gasteiger partial charge on any atom is -0.478 e. The average molecular weight is 534 g/mol. The van der Waals surface area contributed by atoms with E-state index in [0.717, 1.165) is 6.07 Å². The number of carbonyl (C=O) groups is 1. The molecule has 1 aliphatic heterocycles. The molecule has 0 aliphatic carbocycles. The Hall–Kier alpha value is -3.13. The number of aromatic nitrogens is 4. The number of nitrogens with zero attached hydrogens (tertiary/aromatic N) is 4. The predicted molar refractivity (Wildman–Crippen MR) is 118 cm³/mol. The maximum atomic E-state index is 12.7. The van der Waals surface area contributed by atoms with E-state index in [-0.39, 0.29) is 58.2 Å². The number of halogens is 4. The van der Waals surface area contributed by atoms with Crippen LogP contribution in [0.2, 0.25) is 5.02 Å². The summed E-state index contributed by atoms with van der Waals surface area (Å²) in [6.45, 7) is 0.213. The molecular weight excluding hydrogens is 515 g/mol. The van der Waals surface area contributed by atoms with Crippen LogP contribution in [0.1, 0.15) is 30.3 Å². The summed E-state index contributed by atoms with van der Waals surface area (Å²) in [5.74, 6) is -0.854. The summed E-state index contributed by atoms with van der Waals surface area (Å²) in [5.41, 5.74) is -0.643. The number of pyridine rings is 1. The van der Waals surface area contributed by atoms with Gasteiger partial charge in [-0.2, -0.15) is 13.2 Å². The van der Waals surface area contributed by atoms with Crippen LogP contribution < -0.4 is 14.8 Å². The molecule has 0 bridgehead atoms. The van der Waals surface area contributed by atoms with E-state index in [1.54, 1.807) is 6.92 Å². The zero-order valence-electron chi connectivity index (χ0n) is 18.2. The van der Waals surface area contributed by atoms with E-state index in [4.69, 9.17) is 21.1 Å². The van der Waals surface area contributed by atoms with Crippen molar-refractivity contribution in [1.29, 1.82) is 0 Å². The van der Waals surface area contributed by atoms with Crippen molar-refractivity contribution in [3.05, 3.63) is 41.6 Å². The second-order valence-electron chi connectivity index (χ2n) is 8.25. The lowest BCUT2D eigenvalue weighted by Crippen LogP contribution is -2.51. The second-order valence-corrected chi connectivity index (χ2v) is 11.0. The summed E-state index contributed by atoms with van der Waals surface area (Å²) >= 11 is 5.80. The van der Waals surface area contributed by atoms with Gasteiger partial charge in [-0.25, -0.2) is 23.4 Å². The molecular formula is C20H19ClF3N5O5S. The summed E-state index contributed by atoms with van der Waals surface area (Å²) < 4.78 is 72.7. The van der Waals surface area contributed by atoms with Gasteiger partial charge in [0.25, 0.3) is 11.8 Å². The number of hydrogen-bond acceptors (Lipinski definition) is 8. The molecule has 1 aliphatic rings. The van der Waals surface area contributed by atoms with E-state index >= 15 is 0 Å². The van der Waals surface area contributed by atoms with Crippen molar-refractivity contribution in [3.8, 4) is 17.4 Å². The Bertz CT molecular complexity index is 1370. The fourth-order valence-electron chi connectivity index (χ4n) is 3.34. The molecule has 35 heavy (non-hydrogen) atoms. The SMILES string of the molecule is CC1(NC(=O)c2cn3cc(Oc4ncc(Cl)cc4OCC(F)(F)F)cnc3n2)CCS(=O)(=O)CC1. The molecule has 1 amide bonds. The van der Waals surface area contributed by atoms with Gasteiger partial charge in [-0.05, 0) is 19.8 Å². The largest absolute Gasteiger partial charge is 0.478 e. The lowest BCUT2D eigenvalue weighted by molar-refractivity contribution is -0.153. The number of ether oxygens (including phenoxy) is 2. The average Bonchev–Trinajstić information content (AvgIpc) is 3.19. The molecule has 0 unspecified atom stereocenters. The molecule has 3 aromatic heterocycles. The number of sulfone groups is 1. The summed E-state index contributed by atoms with van der Waals surface area (Å²) in [7, 11) is -3.09. The van der Waals surface area contributed by atoms with Crippen LogP contribution in [0.25, 0.3) is 5.78 Å². The molecule has 0 aromatic carbocycles. The number of nitrogens with one attached hydrogen (secondary N) is 1. The number of carbonyl (C=O) groups excluding carboxylic acids is 1. The smallest absolute Gasteiger partial charge is 0.422 e. The molecule has 0 atom stereocenters. The van der Waals surface area contributed by atoms with E-state index in [2.05, 4.69) is 20.3 Å². The lowest BCUT2D eigenvalue weighted by Gasteiger charge is -2.34. The van der Waals surface area contributed by atoms with Crippen LogP contribution >= 0.6 is 11.6 Å². The second kappa shape index (κ2) is 9.15. The van der Waals surface area contributed by atoms with Crippen LogP contribution in [0.5, 0.6) is 17.4 Å². The molecule has 1 fully saturated rings. The van der Waals surface area contributed by atoms with Gasteiger partial charge in [-0.15, -0.1) is 0 Å². The number of amides is 1. The van der Waals surface area contributed by atoms with Crippen molar-refractivity contribution < 1.29 is 35.9 Å². The molecule has 1 saturated heterocycles. The van der Waals surface area contributed by atoms with Crippen molar-refractivity contribution in [3.63, 3.8) is 0 Å². The zero-order valence-corrected chi connectivity index (χ0v) is 19.7. The molecule has 10 nitrogen and oxygen atoms in total. The van der Waals surface area contributed by atoms with Crippen LogP contribution in [0.3, 0.4) is 0 Å². The normalized spacial score (nSPS) is 17.2. The third kappa shape index (κ3) is 6.31. The third-order valence-corrected chi connectivity index (χ3v) is 7.11. The highest BCUT2D eigenvalue weighted by Gasteiger charge is 2.35. The third-order valence-electron chi connectivity index (χ3n) is 5.25. The predicted octanol–water partition coefficient (Wildman–Crippen LogP) is 3.21. The minimum absolute atomic E-state index is 0.00932. The molecule has 3 aromatic rings. The van der Waals surface area contributed by atoms with Gasteiger partial charge >= 0.3 is 6.18 Å². The van der Waals surface area contributed by atoms with Crippen LogP contribution in [0.15, 0.2) is 30.9 Å². The zero-order chi connectivity index (χ0) is 25.4. The van der Waals surface area contributed by atoms with E-state index < -0.39 is 34.1 Å². The molecule has 0 saturated carbocycles. The van der Waals surface area contributed by atoms with Crippen molar-refractivity contribution in [2.45, 2.75) is 31.5 Å². The number of rotatable bonds is 6. The van der Waals surface area contributed by atoms with E-state index in [0.29, 0.717) is 0 Å². The molecule has 0 spiro atoms. The maximum Gasteiger partial charge on any atom is 0.422 e. The Morgan fingerprint density at radius 2 is 1.94 bits per heavy atom. The molecule has 0 radical (unpaired) electrons. The first-order valence-electron chi connectivity index (χ1n) is 10.2. The standard InChI is InChI=1S/C20H19ClF3N5O5S/c1-19(2-4-35(31,32)5-3-19)28-16(30)14-10-29-9-13(8-26-18(29)27-14)34-17-15(6-12(21)7-25-17)33-11-20(22,23)24/h6-10H,2-5,11H2,1H3,(H,28,30). The van der Waals surface area contributed by atoms with Gasteiger partial charge in [0.1, 0.15) is 15.5 Å². The maximum absolute atomic E-state index is 12.7. The van der Waals surface area contributed by atoms with Gasteiger partial charge in [0, 0.05) is 24.0 Å². The summed E-state index contributed by atoms with van der Waals surface area (Å²) in [4.78, 5) is 24.8.